The molecule has 54 valence electrons. The van der Waals surface area contributed by atoms with Gasteiger partial charge in [0.1, 0.15) is 0 Å². The molecule has 3 nitrogen and oxygen atoms in total. The molecular formula is C6H4IrNO2. The third kappa shape index (κ3) is 1.62. The van der Waals surface area contributed by atoms with Crippen molar-refractivity contribution < 1.29 is 27.6 Å². The zero-order valence-corrected chi connectivity index (χ0v) is 7.30. The van der Waals surface area contributed by atoms with Gasteiger partial charge in [0.25, 0.3) is 0 Å². The third-order valence-corrected chi connectivity index (χ3v) is 1.38. The van der Waals surface area contributed by atoms with Gasteiger partial charge >= 0.3 is 68.6 Å². The van der Waals surface area contributed by atoms with E-state index >= 15 is 0 Å². The molecule has 0 amide bonds. The number of aromatic nitrogens is 1. The summed E-state index contributed by atoms with van der Waals surface area (Å²) in [5.41, 5.74) is 0.338. The molecule has 0 bridgehead atoms. The first-order valence-electron chi connectivity index (χ1n) is 2.56. The first-order valence-corrected chi connectivity index (χ1v) is 3.54. The molecule has 1 rings (SSSR count). The van der Waals surface area contributed by atoms with E-state index in [2.05, 4.69) is 8.48 Å². The van der Waals surface area contributed by atoms with Gasteiger partial charge in [-0.25, -0.2) is 0 Å². The number of carbonyl (C=O) groups excluding carboxylic acids is 1. The Labute approximate surface area is 69.0 Å². The number of pyridine rings is 1. The van der Waals surface area contributed by atoms with E-state index < -0.39 is 5.97 Å². The van der Waals surface area contributed by atoms with E-state index in [1.165, 1.54) is 19.3 Å². The van der Waals surface area contributed by atoms with Crippen LogP contribution in [0.2, 0.25) is 0 Å². The zero-order chi connectivity index (χ0) is 7.40. The van der Waals surface area contributed by atoms with Crippen LogP contribution in [-0.4, -0.2) is 11.0 Å². The predicted molar refractivity (Wildman–Crippen MR) is 29.7 cm³/mol. The van der Waals surface area contributed by atoms with Crippen LogP contribution in [0.5, 0.6) is 0 Å². The van der Waals surface area contributed by atoms with Crippen LogP contribution < -0.4 is 0 Å². The summed E-state index contributed by atoms with van der Waals surface area (Å²) in [6.45, 7) is 0. The van der Waals surface area contributed by atoms with Crippen molar-refractivity contribution in [3.05, 3.63) is 30.1 Å². The summed E-state index contributed by atoms with van der Waals surface area (Å²) in [5, 5.41) is 0. The quantitative estimate of drug-likeness (QED) is 0.766. The van der Waals surface area contributed by atoms with Gasteiger partial charge in [0, 0.05) is 0 Å². The first-order chi connectivity index (χ1) is 4.84. The molecule has 0 radical (unpaired) electrons. The molecule has 4 heteroatoms. The predicted octanol–water partition coefficient (Wildman–Crippen LogP) is 0.700. The molecule has 0 saturated heterocycles. The molecule has 1 aromatic heterocycles. The molecule has 0 fully saturated rings. The number of nitrogens with zero attached hydrogens (tertiary/aromatic N) is 1. The molecular weight excluding hydrogens is 310 g/mol. The molecule has 0 saturated carbocycles. The zero-order valence-electron chi connectivity index (χ0n) is 4.91. The van der Waals surface area contributed by atoms with Crippen molar-refractivity contribution >= 4 is 5.97 Å². The van der Waals surface area contributed by atoms with Gasteiger partial charge in [0.2, 0.25) is 0 Å². The Kier molecular flexibility index (Phi) is 2.54. The van der Waals surface area contributed by atoms with Gasteiger partial charge in [-0.1, -0.05) is 0 Å². The molecule has 0 aromatic carbocycles. The van der Waals surface area contributed by atoms with Crippen LogP contribution in [0, 0.1) is 0 Å². The van der Waals surface area contributed by atoms with Gasteiger partial charge in [0.15, 0.2) is 0 Å². The van der Waals surface area contributed by atoms with E-state index in [9.17, 15) is 4.79 Å². The average molecular weight is 314 g/mol. The van der Waals surface area contributed by atoms with Crippen LogP contribution in [0.15, 0.2) is 24.4 Å². The van der Waals surface area contributed by atoms with Crippen molar-refractivity contribution in [2.24, 2.45) is 0 Å². The van der Waals surface area contributed by atoms with E-state index in [4.69, 9.17) is 0 Å². The molecule has 10 heavy (non-hydrogen) atoms. The van der Waals surface area contributed by atoms with Crippen LogP contribution >= 0.6 is 0 Å². The third-order valence-electron chi connectivity index (χ3n) is 0.936. The van der Waals surface area contributed by atoms with Gasteiger partial charge < -0.3 is 0 Å². The van der Waals surface area contributed by atoms with Crippen molar-refractivity contribution in [1.29, 1.82) is 0 Å². The second-order valence-corrected chi connectivity index (χ2v) is 2.06. The Morgan fingerprint density at radius 2 is 2.40 bits per heavy atom. The first kappa shape index (κ1) is 7.38. The molecule has 0 N–H and O–H groups in total. The van der Waals surface area contributed by atoms with Crippen LogP contribution in [0.3, 0.4) is 0 Å². The minimum atomic E-state index is -0.402. The minimum absolute atomic E-state index is 0.338. The Bertz CT molecular complexity index is 224. The number of rotatable bonds is 1. The maximum atomic E-state index is 10.7. The number of carbonyl (C=O) groups is 1. The summed E-state index contributed by atoms with van der Waals surface area (Å²) in [4.78, 5) is 14.5. The summed E-state index contributed by atoms with van der Waals surface area (Å²) >= 11 is 1.33. The maximum absolute atomic E-state index is 10.7. The topological polar surface area (TPSA) is 39.2 Å². The van der Waals surface area contributed by atoms with Crippen molar-refractivity contribution in [1.82, 2.24) is 4.98 Å². The van der Waals surface area contributed by atoms with Crippen molar-refractivity contribution in [3.63, 3.8) is 0 Å². The van der Waals surface area contributed by atoms with Gasteiger partial charge in [-0.05, 0) is 0 Å². The Hall–Kier alpha value is -0.731. The van der Waals surface area contributed by atoms with Crippen molar-refractivity contribution in [2.45, 2.75) is 0 Å². The van der Waals surface area contributed by atoms with Gasteiger partial charge in [-0.2, -0.15) is 0 Å². The van der Waals surface area contributed by atoms with Crippen LogP contribution in [0.25, 0.3) is 0 Å². The molecule has 0 aliphatic heterocycles. The standard InChI is InChI=1S/C6H5NO2.Ir/c8-6(9)5-3-1-2-4-7-5;/h1-4H,(H,8,9);/q;+1/p-1. The Balaban J connectivity index is 2.85. The Morgan fingerprint density at radius 1 is 1.60 bits per heavy atom. The summed E-state index contributed by atoms with van der Waals surface area (Å²) in [7, 11) is 0. The van der Waals surface area contributed by atoms with Crippen LogP contribution in [0.4, 0.5) is 0 Å². The van der Waals surface area contributed by atoms with Gasteiger partial charge in [-0.15, -0.1) is 0 Å². The molecule has 0 atom stereocenters. The normalized spacial score (nSPS) is 9.00. The number of hydrogen-bond donors (Lipinski definition) is 0. The average Bonchev–Trinajstić information content (AvgIpc) is 2.05. The summed E-state index contributed by atoms with van der Waals surface area (Å²) < 4.78 is 4.43. The van der Waals surface area contributed by atoms with Gasteiger partial charge in [-0.3, -0.25) is 0 Å². The summed E-state index contributed by atoms with van der Waals surface area (Å²) in [6, 6.07) is 5.08. The summed E-state index contributed by atoms with van der Waals surface area (Å²) in [5.74, 6) is -0.402. The molecule has 1 heterocycles. The summed E-state index contributed by atoms with van der Waals surface area (Å²) in [6.07, 6.45) is 1.55. The van der Waals surface area contributed by atoms with Crippen LogP contribution in [-0.2, 0) is 22.8 Å². The molecule has 1 aromatic rings. The SMILES string of the molecule is O=C([O][Ir])c1ccccn1. The van der Waals surface area contributed by atoms with E-state index in [-0.39, 0.29) is 0 Å². The van der Waals surface area contributed by atoms with E-state index in [1.54, 1.807) is 24.4 Å². The fourth-order valence-corrected chi connectivity index (χ4v) is 0.769. The van der Waals surface area contributed by atoms with E-state index in [0.29, 0.717) is 5.69 Å². The fraction of sp³-hybridized carbons (Fsp3) is 0. The monoisotopic (exact) mass is 315 g/mol. The fourth-order valence-electron chi connectivity index (χ4n) is 0.518. The van der Waals surface area contributed by atoms with Crippen molar-refractivity contribution in [2.75, 3.05) is 0 Å². The van der Waals surface area contributed by atoms with Gasteiger partial charge in [0.05, 0.1) is 0 Å². The molecule has 0 spiro atoms. The second-order valence-electron chi connectivity index (χ2n) is 1.57. The second kappa shape index (κ2) is 3.44. The van der Waals surface area contributed by atoms with E-state index in [1.807, 2.05) is 0 Å². The van der Waals surface area contributed by atoms with Crippen molar-refractivity contribution in [3.8, 4) is 0 Å². The van der Waals surface area contributed by atoms with E-state index in [0.717, 1.165) is 0 Å². The molecule has 0 aliphatic rings. The molecule has 0 aliphatic carbocycles. The number of hydrogen-bond acceptors (Lipinski definition) is 3. The van der Waals surface area contributed by atoms with Crippen LogP contribution in [0.1, 0.15) is 10.5 Å². The molecule has 0 unspecified atom stereocenters. The Morgan fingerprint density at radius 3 is 2.90 bits per heavy atom.